The molecule has 0 aliphatic carbocycles. The van der Waals surface area contributed by atoms with Gasteiger partial charge >= 0.3 is 5.69 Å². The number of aromatic nitrogens is 4. The molecule has 0 bridgehead atoms. The summed E-state index contributed by atoms with van der Waals surface area (Å²) in [6.07, 6.45) is -1.64. The van der Waals surface area contributed by atoms with Crippen molar-refractivity contribution < 1.29 is 14.9 Å². The Bertz CT molecular complexity index is 1150. The van der Waals surface area contributed by atoms with Gasteiger partial charge in [-0.15, -0.1) is 0 Å². The minimum absolute atomic E-state index is 0.0142. The van der Waals surface area contributed by atoms with E-state index in [4.69, 9.17) is 16.3 Å². The summed E-state index contributed by atoms with van der Waals surface area (Å²) < 4.78 is 9.32. The molecule has 0 saturated carbocycles. The van der Waals surface area contributed by atoms with Crippen LogP contribution in [0.1, 0.15) is 6.92 Å². The second-order valence-corrected chi connectivity index (χ2v) is 7.51. The van der Waals surface area contributed by atoms with E-state index < -0.39 is 23.5 Å². The lowest BCUT2D eigenvalue weighted by atomic mass is 10.3. The zero-order valence-corrected chi connectivity index (χ0v) is 17.6. The molecule has 2 aromatic heterocycles. The fourth-order valence-corrected chi connectivity index (χ4v) is 3.11. The van der Waals surface area contributed by atoms with E-state index in [-0.39, 0.29) is 36.8 Å². The highest BCUT2D eigenvalue weighted by Gasteiger charge is 2.21. The van der Waals surface area contributed by atoms with Crippen LogP contribution in [0, 0.1) is 0 Å². The van der Waals surface area contributed by atoms with Crippen LogP contribution in [0.25, 0.3) is 11.2 Å². The molecule has 2 heterocycles. The third-order valence-electron chi connectivity index (χ3n) is 4.55. The number of anilines is 1. The van der Waals surface area contributed by atoms with Crippen LogP contribution >= 0.6 is 11.6 Å². The highest BCUT2D eigenvalue weighted by molar-refractivity contribution is 6.30. The van der Waals surface area contributed by atoms with E-state index in [9.17, 15) is 19.8 Å². The number of aliphatic hydroxyl groups excluding tert-OH is 2. The topological polar surface area (TPSA) is 124 Å². The number of nitrogens with zero attached hydrogens (tertiary/aromatic N) is 4. The molecule has 30 heavy (non-hydrogen) atoms. The Balaban J connectivity index is 1.93. The molecule has 1 aromatic carbocycles. The van der Waals surface area contributed by atoms with Crippen molar-refractivity contribution in [3.8, 4) is 5.75 Å². The number of rotatable bonds is 8. The number of hydrogen-bond donors (Lipinski definition) is 3. The summed E-state index contributed by atoms with van der Waals surface area (Å²) in [6, 6.07) is 6.72. The van der Waals surface area contributed by atoms with Crippen molar-refractivity contribution in [2.45, 2.75) is 25.7 Å². The molecule has 11 heteroatoms. The molecular formula is C19H24ClN5O5. The van der Waals surface area contributed by atoms with Gasteiger partial charge in [-0.25, -0.2) is 4.79 Å². The number of ether oxygens (including phenoxy) is 1. The summed E-state index contributed by atoms with van der Waals surface area (Å²) in [7, 11) is 2.89. The van der Waals surface area contributed by atoms with Crippen LogP contribution in [-0.2, 0) is 20.6 Å². The average Bonchev–Trinajstić information content (AvgIpc) is 3.07. The van der Waals surface area contributed by atoms with Crippen LogP contribution in [-0.4, -0.2) is 54.3 Å². The third kappa shape index (κ3) is 4.50. The van der Waals surface area contributed by atoms with E-state index in [2.05, 4.69) is 10.3 Å². The number of benzene rings is 1. The first-order chi connectivity index (χ1) is 14.2. The summed E-state index contributed by atoms with van der Waals surface area (Å²) >= 11 is 5.85. The van der Waals surface area contributed by atoms with E-state index >= 15 is 0 Å². The van der Waals surface area contributed by atoms with Crippen LogP contribution in [0.5, 0.6) is 5.75 Å². The number of hydrogen-bond acceptors (Lipinski definition) is 7. The first kappa shape index (κ1) is 21.9. The fourth-order valence-electron chi connectivity index (χ4n) is 2.98. The lowest BCUT2D eigenvalue weighted by Crippen LogP contribution is -2.38. The number of nitrogens with one attached hydrogen (secondary N) is 1. The fraction of sp³-hybridized carbons (Fsp3) is 0.421. The van der Waals surface area contributed by atoms with Crippen LogP contribution < -0.4 is 21.3 Å². The van der Waals surface area contributed by atoms with Crippen LogP contribution in [0.2, 0.25) is 5.02 Å². The molecule has 0 unspecified atom stereocenters. The second kappa shape index (κ2) is 8.90. The standard InChI is InChI=1S/C19H24ClN5O5/c1-11(26)8-21-18-22-16-15(17(28)24(3)19(29)23(16)2)25(18)9-13(27)10-30-14-6-4-12(20)5-7-14/h4-7,11,13,26-27H,8-10H2,1-3H3,(H,21,22)/t11-,13+/m0/s1. The van der Waals surface area contributed by atoms with Gasteiger partial charge < -0.3 is 24.8 Å². The van der Waals surface area contributed by atoms with Crippen LogP contribution in [0.4, 0.5) is 5.95 Å². The maximum atomic E-state index is 12.8. The number of halogens is 1. The van der Waals surface area contributed by atoms with Crippen LogP contribution in [0.15, 0.2) is 33.9 Å². The minimum Gasteiger partial charge on any atom is -0.491 e. The highest BCUT2D eigenvalue weighted by Crippen LogP contribution is 2.18. The average molecular weight is 438 g/mol. The number of fused-ring (bicyclic) bond motifs is 1. The molecule has 0 spiro atoms. The summed E-state index contributed by atoms with van der Waals surface area (Å²) in [5.74, 6) is 0.800. The maximum absolute atomic E-state index is 12.8. The van der Waals surface area contributed by atoms with Gasteiger partial charge in [0, 0.05) is 25.7 Å². The lowest BCUT2D eigenvalue weighted by molar-refractivity contribution is 0.0938. The number of aryl methyl sites for hydroxylation is 1. The Kier molecular flexibility index (Phi) is 6.49. The molecule has 0 aliphatic rings. The molecule has 2 atom stereocenters. The summed E-state index contributed by atoms with van der Waals surface area (Å²) in [5, 5.41) is 23.6. The molecule has 0 amide bonds. The normalized spacial score (nSPS) is 13.4. The van der Waals surface area contributed by atoms with Crippen molar-refractivity contribution in [3.63, 3.8) is 0 Å². The quantitative estimate of drug-likeness (QED) is 0.463. The van der Waals surface area contributed by atoms with Crippen LogP contribution in [0.3, 0.4) is 0 Å². The summed E-state index contributed by atoms with van der Waals surface area (Å²) in [4.78, 5) is 29.3. The zero-order chi connectivity index (χ0) is 22.0. The first-order valence-corrected chi connectivity index (χ1v) is 9.71. The van der Waals surface area contributed by atoms with Gasteiger partial charge in [-0.2, -0.15) is 4.98 Å². The Hall–Kier alpha value is -2.82. The van der Waals surface area contributed by atoms with E-state index in [1.807, 2.05) is 0 Å². The smallest absolute Gasteiger partial charge is 0.332 e. The highest BCUT2D eigenvalue weighted by atomic mass is 35.5. The second-order valence-electron chi connectivity index (χ2n) is 7.07. The van der Waals surface area contributed by atoms with E-state index in [1.54, 1.807) is 31.2 Å². The molecule has 0 fully saturated rings. The molecule has 3 N–H and O–H groups in total. The zero-order valence-electron chi connectivity index (χ0n) is 16.9. The Labute approximate surface area is 176 Å². The lowest BCUT2D eigenvalue weighted by Gasteiger charge is -2.16. The molecule has 162 valence electrons. The van der Waals surface area contributed by atoms with Gasteiger partial charge in [0.05, 0.1) is 12.6 Å². The molecule has 3 aromatic rings. The van der Waals surface area contributed by atoms with Gasteiger partial charge in [0.15, 0.2) is 11.2 Å². The van der Waals surface area contributed by atoms with Crippen molar-refractivity contribution in [2.75, 3.05) is 18.5 Å². The van der Waals surface area contributed by atoms with Gasteiger partial charge in [-0.05, 0) is 31.2 Å². The van der Waals surface area contributed by atoms with Gasteiger partial charge in [-0.1, -0.05) is 11.6 Å². The summed E-state index contributed by atoms with van der Waals surface area (Å²) in [6.45, 7) is 1.72. The minimum atomic E-state index is -0.980. The van der Waals surface area contributed by atoms with Gasteiger partial charge in [0.1, 0.15) is 18.5 Å². The predicted molar refractivity (Wildman–Crippen MR) is 113 cm³/mol. The number of aliphatic hydroxyl groups is 2. The number of imidazole rings is 1. The van der Waals surface area contributed by atoms with Gasteiger partial charge in [0.25, 0.3) is 5.56 Å². The Morgan fingerprint density at radius 3 is 2.47 bits per heavy atom. The van der Waals surface area contributed by atoms with Crippen molar-refractivity contribution >= 4 is 28.7 Å². The van der Waals surface area contributed by atoms with Gasteiger partial charge in [0.2, 0.25) is 5.95 Å². The first-order valence-electron chi connectivity index (χ1n) is 9.33. The molecular weight excluding hydrogens is 414 g/mol. The molecule has 3 rings (SSSR count). The molecule has 0 aliphatic heterocycles. The Morgan fingerprint density at radius 1 is 1.17 bits per heavy atom. The SMILES string of the molecule is C[C@H](O)CNc1nc2c(c(=O)n(C)c(=O)n2C)n1C[C@@H](O)COc1ccc(Cl)cc1. The van der Waals surface area contributed by atoms with Crippen molar-refractivity contribution in [3.05, 3.63) is 50.1 Å². The molecule has 10 nitrogen and oxygen atoms in total. The predicted octanol–water partition coefficient (Wildman–Crippen LogP) is 0.320. The van der Waals surface area contributed by atoms with Gasteiger partial charge in [-0.3, -0.25) is 13.9 Å². The van der Waals surface area contributed by atoms with E-state index in [0.29, 0.717) is 10.8 Å². The third-order valence-corrected chi connectivity index (χ3v) is 4.80. The van der Waals surface area contributed by atoms with E-state index in [0.717, 1.165) is 4.57 Å². The molecule has 0 radical (unpaired) electrons. The van der Waals surface area contributed by atoms with Crippen molar-refractivity contribution in [1.29, 1.82) is 0 Å². The largest absolute Gasteiger partial charge is 0.491 e. The monoisotopic (exact) mass is 437 g/mol. The van der Waals surface area contributed by atoms with Crippen molar-refractivity contribution in [2.24, 2.45) is 14.1 Å². The Morgan fingerprint density at radius 2 is 1.83 bits per heavy atom. The summed E-state index contributed by atoms with van der Waals surface area (Å²) in [5.41, 5.74) is -0.692. The maximum Gasteiger partial charge on any atom is 0.332 e. The molecule has 0 saturated heterocycles. The van der Waals surface area contributed by atoms with E-state index in [1.165, 1.54) is 23.2 Å². The van der Waals surface area contributed by atoms with Crippen molar-refractivity contribution in [1.82, 2.24) is 18.7 Å².